The summed E-state index contributed by atoms with van der Waals surface area (Å²) >= 11 is 0. The molecule has 8 fully saturated rings. The first-order valence-electron chi connectivity index (χ1n) is 25.2. The van der Waals surface area contributed by atoms with Gasteiger partial charge in [0.05, 0.1) is 36.6 Å². The molecule has 8 aliphatic carbocycles. The zero-order valence-electron chi connectivity index (χ0n) is 39.5. The number of Topliss-reactive ketones (excluding diaryl/α,β-unsaturated/α-hetero) is 1. The average Bonchev–Trinajstić information content (AvgIpc) is 3.64. The van der Waals surface area contributed by atoms with Crippen LogP contribution in [0, 0.1) is 92.2 Å². The molecule has 0 aliphatic heterocycles. The number of fused-ring (bicyclic) bond motifs is 5. The topological polar surface area (TPSA) is 44.8 Å². The molecule has 57 heavy (non-hydrogen) atoms. The zero-order chi connectivity index (χ0) is 41.0. The Morgan fingerprint density at radius 3 is 1.53 bits per heavy atom. The van der Waals surface area contributed by atoms with Gasteiger partial charge in [0.25, 0.3) is 0 Å². The molecule has 16 atom stereocenters. The van der Waals surface area contributed by atoms with Crippen molar-refractivity contribution in [2.24, 2.45) is 92.2 Å². The van der Waals surface area contributed by atoms with Gasteiger partial charge in [-0.2, -0.15) is 0 Å². The minimum Gasteiger partial charge on any atom is -0.375 e. The Bertz CT molecular complexity index is 1420. The Labute approximate surface area is 351 Å². The molecule has 4 heteroatoms. The van der Waals surface area contributed by atoms with Crippen LogP contribution >= 0.6 is 0 Å². The first kappa shape index (κ1) is 43.2. The molecule has 0 aromatic carbocycles. The maximum atomic E-state index is 12.5. The Balaban J connectivity index is 0.861. The molecule has 0 bridgehead atoms. The lowest BCUT2D eigenvalue weighted by atomic mass is 9.32. The van der Waals surface area contributed by atoms with Crippen LogP contribution in [0.4, 0.5) is 0 Å². The molecule has 0 amide bonds. The molecule has 15 unspecified atom stereocenters. The van der Waals surface area contributed by atoms with Gasteiger partial charge in [0.2, 0.25) is 0 Å². The molecule has 326 valence electrons. The van der Waals surface area contributed by atoms with E-state index in [0.717, 1.165) is 74.5 Å². The van der Waals surface area contributed by atoms with Crippen molar-refractivity contribution in [3.8, 4) is 0 Å². The van der Waals surface area contributed by atoms with E-state index in [4.69, 9.17) is 14.2 Å². The Morgan fingerprint density at radius 1 is 0.491 bits per heavy atom. The van der Waals surface area contributed by atoms with Crippen LogP contribution in [-0.2, 0) is 19.0 Å². The average molecular weight is 791 g/mol. The van der Waals surface area contributed by atoms with Gasteiger partial charge in [-0.15, -0.1) is 0 Å². The van der Waals surface area contributed by atoms with Crippen LogP contribution in [0.1, 0.15) is 199 Å². The fourth-order valence-electron chi connectivity index (χ4n) is 18.3. The van der Waals surface area contributed by atoms with Gasteiger partial charge >= 0.3 is 0 Å². The number of hydrogen-bond donors (Lipinski definition) is 0. The van der Waals surface area contributed by atoms with Gasteiger partial charge in [0, 0.05) is 12.8 Å². The lowest BCUT2D eigenvalue weighted by molar-refractivity contribution is -0.248. The summed E-state index contributed by atoms with van der Waals surface area (Å²) in [7, 11) is 0. The van der Waals surface area contributed by atoms with E-state index in [9.17, 15) is 4.79 Å². The smallest absolute Gasteiger partial charge is 0.133 e. The maximum Gasteiger partial charge on any atom is 0.133 e. The normalized spacial score (nSPS) is 58.2. The number of carbonyl (C=O) groups excluding carboxylic acids is 1. The Morgan fingerprint density at radius 2 is 1.00 bits per heavy atom. The predicted octanol–water partition coefficient (Wildman–Crippen LogP) is 13.5. The fourth-order valence-corrected chi connectivity index (χ4v) is 18.3. The highest BCUT2D eigenvalue weighted by Crippen LogP contribution is 2.81. The first-order valence-corrected chi connectivity index (χ1v) is 25.2. The summed E-state index contributed by atoms with van der Waals surface area (Å²) in [6.07, 6.45) is 22.7. The van der Waals surface area contributed by atoms with E-state index in [0.29, 0.717) is 105 Å². The third kappa shape index (κ3) is 7.03. The number of ketones is 1. The second-order valence-corrected chi connectivity index (χ2v) is 25.2. The van der Waals surface area contributed by atoms with Gasteiger partial charge in [-0.3, -0.25) is 4.79 Å². The summed E-state index contributed by atoms with van der Waals surface area (Å²) in [6, 6.07) is 0. The molecule has 8 aliphatic rings. The van der Waals surface area contributed by atoms with Gasteiger partial charge in [-0.25, -0.2) is 0 Å². The molecule has 8 rings (SSSR count). The van der Waals surface area contributed by atoms with E-state index < -0.39 is 0 Å². The van der Waals surface area contributed by atoms with Crippen LogP contribution in [0.15, 0.2) is 0 Å². The van der Waals surface area contributed by atoms with Crippen LogP contribution in [0.25, 0.3) is 0 Å². The van der Waals surface area contributed by atoms with E-state index >= 15 is 0 Å². The summed E-state index contributed by atoms with van der Waals surface area (Å²) in [5, 5.41) is 0. The lowest BCUT2D eigenvalue weighted by Crippen LogP contribution is -2.65. The van der Waals surface area contributed by atoms with Crippen molar-refractivity contribution >= 4 is 5.78 Å². The second kappa shape index (κ2) is 15.4. The Kier molecular flexibility index (Phi) is 11.7. The van der Waals surface area contributed by atoms with Gasteiger partial charge in [0.1, 0.15) is 5.78 Å². The summed E-state index contributed by atoms with van der Waals surface area (Å²) in [5.74, 6) is 7.87. The third-order valence-electron chi connectivity index (χ3n) is 22.1. The SMILES string of the molecule is CC1CC(OC2C(C)CC(OC3C(C)CC(OC4CCC5(C)C6CC[C@]7(C)C(C8CCC(=O)C8)C(C)CC7(C)C6(C)CCC5(C)C4)CC3C)CC2C)CC(C)C1C. The monoisotopic (exact) mass is 791 g/mol. The van der Waals surface area contributed by atoms with Crippen molar-refractivity contribution in [1.82, 2.24) is 0 Å². The van der Waals surface area contributed by atoms with Gasteiger partial charge in [-0.05, 0) is 188 Å². The van der Waals surface area contributed by atoms with Crippen molar-refractivity contribution < 1.29 is 19.0 Å². The summed E-state index contributed by atoms with van der Waals surface area (Å²) < 4.78 is 21.4. The highest BCUT2D eigenvalue weighted by molar-refractivity contribution is 5.80. The summed E-state index contributed by atoms with van der Waals surface area (Å²) in [5.41, 5.74) is 1.77. The lowest BCUT2D eigenvalue weighted by Gasteiger charge is -2.72. The molecule has 0 N–H and O–H groups in total. The van der Waals surface area contributed by atoms with Gasteiger partial charge < -0.3 is 14.2 Å². The molecule has 0 saturated heterocycles. The number of hydrogen-bond acceptors (Lipinski definition) is 4. The molecular formula is C53H90O4. The number of ether oxygens (including phenoxy) is 3. The summed E-state index contributed by atoms with van der Waals surface area (Å²) in [6.45, 7) is 33.3. The van der Waals surface area contributed by atoms with Gasteiger partial charge in [-0.1, -0.05) is 90.0 Å². The molecule has 8 saturated carbocycles. The Hall–Kier alpha value is -0.450. The van der Waals surface area contributed by atoms with Gasteiger partial charge in [0.15, 0.2) is 0 Å². The molecule has 0 radical (unpaired) electrons. The standard InChI is InChI=1S/C53H90O4/c1-31-22-43(23-32(2)38(31)8)56-48-35(5)26-44(27-36(48)6)57-47-33(3)24-42(25-34(47)4)55-41-16-18-50(10)45-17-19-52(12)46(39-14-15-40(54)28-39)37(7)29-53(52,13)51(45,11)21-20-49(50,9)30-41/h31-39,41-48H,14-30H2,1-13H3/t31?,32?,33?,34?,35?,36?,37?,38?,39?,41?,42?,43?,44?,45?,46?,47?,48?,49?,50?,51?,52-,53?/m1/s1. The van der Waals surface area contributed by atoms with Crippen molar-refractivity contribution in [2.75, 3.05) is 0 Å². The van der Waals surface area contributed by atoms with E-state index in [1.165, 1.54) is 64.2 Å². The largest absolute Gasteiger partial charge is 0.375 e. The minimum absolute atomic E-state index is 0.335. The van der Waals surface area contributed by atoms with E-state index in [2.05, 4.69) is 90.0 Å². The van der Waals surface area contributed by atoms with Crippen LogP contribution in [-0.4, -0.2) is 42.4 Å². The molecule has 0 aromatic heterocycles. The van der Waals surface area contributed by atoms with Crippen LogP contribution in [0.3, 0.4) is 0 Å². The minimum atomic E-state index is 0.335. The van der Waals surface area contributed by atoms with Crippen molar-refractivity contribution in [3.63, 3.8) is 0 Å². The molecular weight excluding hydrogens is 701 g/mol. The zero-order valence-corrected chi connectivity index (χ0v) is 39.5. The fraction of sp³-hybridized carbons (Fsp3) is 0.981. The second-order valence-electron chi connectivity index (χ2n) is 25.2. The number of rotatable bonds is 7. The van der Waals surface area contributed by atoms with Crippen LogP contribution in [0.2, 0.25) is 0 Å². The quantitative estimate of drug-likeness (QED) is 0.258. The molecule has 0 heterocycles. The number of carbonyl (C=O) groups is 1. The predicted molar refractivity (Wildman–Crippen MR) is 234 cm³/mol. The van der Waals surface area contributed by atoms with Crippen molar-refractivity contribution in [3.05, 3.63) is 0 Å². The first-order chi connectivity index (χ1) is 26.7. The van der Waals surface area contributed by atoms with E-state index in [1.807, 2.05) is 0 Å². The highest BCUT2D eigenvalue weighted by atomic mass is 16.5. The maximum absolute atomic E-state index is 12.5. The van der Waals surface area contributed by atoms with Crippen LogP contribution < -0.4 is 0 Å². The molecule has 4 nitrogen and oxygen atoms in total. The van der Waals surface area contributed by atoms with Crippen molar-refractivity contribution in [2.45, 2.75) is 236 Å². The highest BCUT2D eigenvalue weighted by Gasteiger charge is 2.74. The van der Waals surface area contributed by atoms with Crippen LogP contribution in [0.5, 0.6) is 0 Å². The third-order valence-corrected chi connectivity index (χ3v) is 22.1. The van der Waals surface area contributed by atoms with E-state index in [-0.39, 0.29) is 0 Å². The summed E-state index contributed by atoms with van der Waals surface area (Å²) in [4.78, 5) is 12.5. The van der Waals surface area contributed by atoms with Crippen molar-refractivity contribution in [1.29, 1.82) is 0 Å². The molecule has 0 spiro atoms. The molecule has 0 aromatic rings. The van der Waals surface area contributed by atoms with E-state index in [1.54, 1.807) is 0 Å².